The summed E-state index contributed by atoms with van der Waals surface area (Å²) in [5, 5.41) is 0.849. The highest BCUT2D eigenvalue weighted by Crippen LogP contribution is 2.31. The topological polar surface area (TPSA) is 41.9 Å². The van der Waals surface area contributed by atoms with Crippen LogP contribution >= 0.6 is 11.8 Å². The van der Waals surface area contributed by atoms with Gasteiger partial charge in [0.05, 0.1) is 4.91 Å². The van der Waals surface area contributed by atoms with E-state index in [1.54, 1.807) is 0 Å². The quantitative estimate of drug-likeness (QED) is 0.757. The summed E-state index contributed by atoms with van der Waals surface area (Å²) in [5.74, 6) is 0.678. The molecule has 0 spiro atoms. The summed E-state index contributed by atoms with van der Waals surface area (Å²) >= 11 is 1.48. The molecular formula is C21H20N2O2S. The van der Waals surface area contributed by atoms with Gasteiger partial charge in [-0.05, 0) is 53.9 Å². The number of ether oxygens (including phenoxy) is 1. The maximum atomic E-state index is 12.1. The first-order valence-corrected chi connectivity index (χ1v) is 9.64. The molecular weight excluding hydrogens is 344 g/mol. The smallest absolute Gasteiger partial charge is 0.286 e. The Morgan fingerprint density at radius 3 is 2.50 bits per heavy atom. The number of carbonyl (C=O) groups is 1. The second kappa shape index (κ2) is 7.79. The highest BCUT2D eigenvalue weighted by molar-refractivity contribution is 8.18. The van der Waals surface area contributed by atoms with E-state index < -0.39 is 0 Å². The molecule has 0 aromatic heterocycles. The van der Waals surface area contributed by atoms with Crippen LogP contribution in [0.15, 0.2) is 64.5 Å². The maximum absolute atomic E-state index is 12.1. The molecule has 0 unspecified atom stereocenters. The Morgan fingerprint density at radius 1 is 1.04 bits per heavy atom. The lowest BCUT2D eigenvalue weighted by Gasteiger charge is -2.14. The largest absolute Gasteiger partial charge is 0.489 e. The fourth-order valence-corrected chi connectivity index (χ4v) is 3.96. The third kappa shape index (κ3) is 3.99. The van der Waals surface area contributed by atoms with Crippen molar-refractivity contribution < 1.29 is 9.53 Å². The minimum absolute atomic E-state index is 0.138. The number of hydrogen-bond donors (Lipinski definition) is 0. The van der Waals surface area contributed by atoms with E-state index in [9.17, 15) is 4.79 Å². The van der Waals surface area contributed by atoms with Crippen molar-refractivity contribution in [3.8, 4) is 5.75 Å². The average molecular weight is 364 g/mol. The second-order valence-corrected chi connectivity index (χ2v) is 7.36. The van der Waals surface area contributed by atoms with E-state index in [4.69, 9.17) is 4.74 Å². The predicted octanol–water partition coefficient (Wildman–Crippen LogP) is 4.33. The van der Waals surface area contributed by atoms with Gasteiger partial charge < -0.3 is 9.64 Å². The van der Waals surface area contributed by atoms with E-state index in [0.717, 1.165) is 35.1 Å². The van der Waals surface area contributed by atoms with Gasteiger partial charge in [0, 0.05) is 13.1 Å². The number of nitrogens with zero attached hydrogens (tertiary/aromatic N) is 2. The summed E-state index contributed by atoms with van der Waals surface area (Å²) in [7, 11) is 0. The first-order chi connectivity index (χ1) is 12.8. The molecule has 0 bridgehead atoms. The van der Waals surface area contributed by atoms with Crippen molar-refractivity contribution in [1.82, 2.24) is 4.90 Å². The van der Waals surface area contributed by atoms with Gasteiger partial charge in [-0.15, -0.1) is 0 Å². The fraction of sp³-hybridized carbons (Fsp3) is 0.238. The Kier molecular flexibility index (Phi) is 5.07. The van der Waals surface area contributed by atoms with Crippen LogP contribution in [0.1, 0.15) is 24.0 Å². The highest BCUT2D eigenvalue weighted by atomic mass is 32.2. The Labute approximate surface area is 157 Å². The van der Waals surface area contributed by atoms with Gasteiger partial charge in [-0.3, -0.25) is 4.79 Å². The van der Waals surface area contributed by atoms with Crippen LogP contribution < -0.4 is 4.74 Å². The fourth-order valence-electron chi connectivity index (χ4n) is 2.99. The van der Waals surface area contributed by atoms with Crippen LogP contribution in [0.2, 0.25) is 0 Å². The van der Waals surface area contributed by atoms with Crippen molar-refractivity contribution in [3.05, 3.63) is 70.6 Å². The lowest BCUT2D eigenvalue weighted by molar-refractivity contribution is -0.113. The number of carbonyl (C=O) groups excluding carboxylic acids is 1. The number of benzene rings is 2. The first-order valence-electron chi connectivity index (χ1n) is 8.82. The zero-order valence-corrected chi connectivity index (χ0v) is 15.2. The molecule has 1 amide bonds. The molecule has 1 fully saturated rings. The van der Waals surface area contributed by atoms with Crippen molar-refractivity contribution in [3.63, 3.8) is 0 Å². The van der Waals surface area contributed by atoms with E-state index >= 15 is 0 Å². The maximum Gasteiger partial charge on any atom is 0.286 e. The van der Waals surface area contributed by atoms with Crippen LogP contribution in [0.5, 0.6) is 5.75 Å². The molecule has 0 radical (unpaired) electrons. The number of thioether (sulfide) groups is 1. The number of amides is 1. The summed E-state index contributed by atoms with van der Waals surface area (Å²) in [5.41, 5.74) is 2.11. The molecule has 0 atom stereocenters. The molecule has 0 aliphatic carbocycles. The van der Waals surface area contributed by atoms with E-state index in [2.05, 4.69) is 9.89 Å². The van der Waals surface area contributed by atoms with Gasteiger partial charge in [-0.1, -0.05) is 42.5 Å². The SMILES string of the molecule is O=C1N=C(N2CCCC2)SC1=Cc1ccc(OCc2ccccc2)cc1. The minimum atomic E-state index is -0.138. The summed E-state index contributed by atoms with van der Waals surface area (Å²) in [4.78, 5) is 19.2. The van der Waals surface area contributed by atoms with Gasteiger partial charge in [0.15, 0.2) is 5.17 Å². The number of aliphatic imine (C=N–C) groups is 1. The van der Waals surface area contributed by atoms with Crippen molar-refractivity contribution in [2.24, 2.45) is 4.99 Å². The Balaban J connectivity index is 1.38. The van der Waals surface area contributed by atoms with Crippen LogP contribution in [-0.4, -0.2) is 29.1 Å². The number of hydrogen-bond acceptors (Lipinski definition) is 4. The molecule has 26 heavy (non-hydrogen) atoms. The predicted molar refractivity (Wildman–Crippen MR) is 106 cm³/mol. The zero-order chi connectivity index (χ0) is 17.8. The molecule has 132 valence electrons. The molecule has 1 saturated heterocycles. The molecule has 2 aromatic rings. The van der Waals surface area contributed by atoms with Gasteiger partial charge >= 0.3 is 0 Å². The Hall–Kier alpha value is -2.53. The van der Waals surface area contributed by atoms with Crippen molar-refractivity contribution in [1.29, 1.82) is 0 Å². The van der Waals surface area contributed by atoms with Gasteiger partial charge in [0.25, 0.3) is 5.91 Å². The Bertz CT molecular complexity index is 838. The molecule has 2 aromatic carbocycles. The second-order valence-electron chi connectivity index (χ2n) is 6.35. The van der Waals surface area contributed by atoms with Crippen molar-refractivity contribution in [2.75, 3.05) is 13.1 Å². The zero-order valence-electron chi connectivity index (χ0n) is 14.4. The van der Waals surface area contributed by atoms with Crippen molar-refractivity contribution in [2.45, 2.75) is 19.4 Å². The highest BCUT2D eigenvalue weighted by Gasteiger charge is 2.27. The summed E-state index contributed by atoms with van der Waals surface area (Å²) < 4.78 is 5.80. The average Bonchev–Trinajstić information content (AvgIpc) is 3.32. The van der Waals surface area contributed by atoms with Gasteiger partial charge in [0.1, 0.15) is 12.4 Å². The molecule has 2 aliphatic heterocycles. The van der Waals surface area contributed by atoms with Crippen LogP contribution in [0, 0.1) is 0 Å². The molecule has 2 aliphatic rings. The molecule has 5 heteroatoms. The van der Waals surface area contributed by atoms with E-state index in [0.29, 0.717) is 11.5 Å². The van der Waals surface area contributed by atoms with Gasteiger partial charge in [-0.25, -0.2) is 0 Å². The van der Waals surface area contributed by atoms with E-state index in [1.807, 2.05) is 60.7 Å². The van der Waals surface area contributed by atoms with E-state index in [-0.39, 0.29) is 5.91 Å². The molecule has 2 heterocycles. The standard InChI is InChI=1S/C21H20N2O2S/c24-20-19(26-21(22-20)23-12-4-5-13-23)14-16-8-10-18(11-9-16)25-15-17-6-2-1-3-7-17/h1-3,6-11,14H,4-5,12-13,15H2. The minimum Gasteiger partial charge on any atom is -0.489 e. The van der Waals surface area contributed by atoms with Gasteiger partial charge in [0.2, 0.25) is 0 Å². The summed E-state index contributed by atoms with van der Waals surface area (Å²) in [6.07, 6.45) is 4.26. The number of rotatable bonds is 4. The first kappa shape index (κ1) is 16.9. The number of amidine groups is 1. The lowest BCUT2D eigenvalue weighted by atomic mass is 10.2. The summed E-state index contributed by atoms with van der Waals surface area (Å²) in [6.45, 7) is 2.54. The van der Waals surface area contributed by atoms with Crippen LogP contribution in [0.4, 0.5) is 0 Å². The molecule has 4 rings (SSSR count). The third-order valence-corrected chi connectivity index (χ3v) is 5.46. The van der Waals surface area contributed by atoms with Crippen LogP contribution in [0.25, 0.3) is 6.08 Å². The monoisotopic (exact) mass is 364 g/mol. The van der Waals surface area contributed by atoms with Crippen LogP contribution in [-0.2, 0) is 11.4 Å². The Morgan fingerprint density at radius 2 is 1.77 bits per heavy atom. The lowest BCUT2D eigenvalue weighted by Crippen LogP contribution is -2.23. The van der Waals surface area contributed by atoms with Gasteiger partial charge in [-0.2, -0.15) is 4.99 Å². The van der Waals surface area contributed by atoms with Crippen LogP contribution in [0.3, 0.4) is 0 Å². The van der Waals surface area contributed by atoms with E-state index in [1.165, 1.54) is 24.6 Å². The third-order valence-electron chi connectivity index (χ3n) is 4.41. The number of likely N-dealkylation sites (tertiary alicyclic amines) is 1. The summed E-state index contributed by atoms with van der Waals surface area (Å²) in [6, 6.07) is 17.9. The van der Waals surface area contributed by atoms with Crippen molar-refractivity contribution >= 4 is 28.9 Å². The molecule has 0 saturated carbocycles. The molecule has 0 N–H and O–H groups in total. The molecule has 4 nitrogen and oxygen atoms in total. The normalized spacial score (nSPS) is 18.5.